The molecule has 0 spiro atoms. The van der Waals surface area contributed by atoms with Crippen LogP contribution in [0.1, 0.15) is 18.1 Å². The maximum Gasteiger partial charge on any atom is 0.244 e. The summed E-state index contributed by atoms with van der Waals surface area (Å²) in [6, 6.07) is 14.7. The van der Waals surface area contributed by atoms with E-state index < -0.39 is 0 Å². The minimum atomic E-state index is -0.241. The van der Waals surface area contributed by atoms with Gasteiger partial charge in [-0.1, -0.05) is 41.4 Å². The third-order valence-electron chi connectivity index (χ3n) is 3.36. The molecular weight excluding hydrogens is 312 g/mol. The predicted molar refractivity (Wildman–Crippen MR) is 92.4 cm³/mol. The third-order valence-corrected chi connectivity index (χ3v) is 3.62. The number of hydrogen-bond acceptors (Lipinski definition) is 2. The first-order valence-electron chi connectivity index (χ1n) is 7.30. The second kappa shape index (κ2) is 7.79. The zero-order chi connectivity index (χ0) is 16.8. The van der Waals surface area contributed by atoms with Crippen LogP contribution in [0.5, 0.6) is 0 Å². The fourth-order valence-electron chi connectivity index (χ4n) is 2.22. The number of benzene rings is 2. The third kappa shape index (κ3) is 5.42. The molecule has 0 fully saturated rings. The molecule has 0 aliphatic heterocycles. The Bertz CT molecular complexity index is 698. The Balaban J connectivity index is 1.99. The van der Waals surface area contributed by atoms with Gasteiger partial charge in [0.1, 0.15) is 6.54 Å². The first-order chi connectivity index (χ1) is 10.9. The van der Waals surface area contributed by atoms with Gasteiger partial charge in [0.2, 0.25) is 11.8 Å². The SMILES string of the molecule is CC(=O)N(CC(=O)Nc1ccc(Cl)cc1)Cc1cccc(C)c1. The number of rotatable bonds is 5. The number of anilines is 1. The van der Waals surface area contributed by atoms with Crippen LogP contribution in [0.3, 0.4) is 0 Å². The maximum absolute atomic E-state index is 12.1. The molecule has 4 nitrogen and oxygen atoms in total. The van der Waals surface area contributed by atoms with E-state index in [1.54, 1.807) is 24.3 Å². The predicted octanol–water partition coefficient (Wildman–Crippen LogP) is 3.64. The molecule has 2 aromatic carbocycles. The van der Waals surface area contributed by atoms with Crippen molar-refractivity contribution in [1.82, 2.24) is 4.90 Å². The molecule has 0 unspecified atom stereocenters. The van der Waals surface area contributed by atoms with Crippen LogP contribution in [-0.4, -0.2) is 23.3 Å². The molecule has 0 saturated heterocycles. The molecule has 2 rings (SSSR count). The van der Waals surface area contributed by atoms with Crippen LogP contribution >= 0.6 is 11.6 Å². The molecule has 120 valence electrons. The number of carbonyl (C=O) groups excluding carboxylic acids is 2. The van der Waals surface area contributed by atoms with Gasteiger partial charge in [0.15, 0.2) is 0 Å². The fraction of sp³-hybridized carbons (Fsp3) is 0.222. The number of nitrogens with zero attached hydrogens (tertiary/aromatic N) is 1. The quantitative estimate of drug-likeness (QED) is 0.910. The van der Waals surface area contributed by atoms with Crippen molar-refractivity contribution in [3.05, 3.63) is 64.7 Å². The summed E-state index contributed by atoms with van der Waals surface area (Å²) in [6.07, 6.45) is 0. The molecule has 0 saturated carbocycles. The molecule has 2 aromatic rings. The van der Waals surface area contributed by atoms with Gasteiger partial charge in [-0.05, 0) is 36.8 Å². The summed E-state index contributed by atoms with van der Waals surface area (Å²) >= 11 is 5.81. The Morgan fingerprint density at radius 1 is 1.13 bits per heavy atom. The molecule has 2 amide bonds. The Labute approximate surface area is 141 Å². The van der Waals surface area contributed by atoms with Crippen LogP contribution < -0.4 is 5.32 Å². The van der Waals surface area contributed by atoms with Gasteiger partial charge in [0.05, 0.1) is 0 Å². The fourth-order valence-corrected chi connectivity index (χ4v) is 2.34. The normalized spacial score (nSPS) is 10.2. The Kier molecular flexibility index (Phi) is 5.77. The number of nitrogens with one attached hydrogen (secondary N) is 1. The van der Waals surface area contributed by atoms with E-state index in [9.17, 15) is 9.59 Å². The second-order valence-corrected chi connectivity index (χ2v) is 5.86. The topological polar surface area (TPSA) is 49.4 Å². The van der Waals surface area contributed by atoms with Gasteiger partial charge in [-0.15, -0.1) is 0 Å². The minimum absolute atomic E-state index is 0.00585. The molecule has 0 aromatic heterocycles. The van der Waals surface area contributed by atoms with E-state index in [0.717, 1.165) is 11.1 Å². The van der Waals surface area contributed by atoms with Crippen molar-refractivity contribution < 1.29 is 9.59 Å². The second-order valence-electron chi connectivity index (χ2n) is 5.42. The first-order valence-corrected chi connectivity index (χ1v) is 7.68. The largest absolute Gasteiger partial charge is 0.329 e. The molecule has 0 bridgehead atoms. The summed E-state index contributed by atoms with van der Waals surface area (Å²) in [6.45, 7) is 3.87. The lowest BCUT2D eigenvalue weighted by molar-refractivity contribution is -0.133. The van der Waals surface area contributed by atoms with Crippen molar-refractivity contribution in [2.45, 2.75) is 20.4 Å². The number of amides is 2. The molecule has 0 aliphatic carbocycles. The smallest absolute Gasteiger partial charge is 0.244 e. The number of carbonyl (C=O) groups is 2. The van der Waals surface area contributed by atoms with Gasteiger partial charge in [-0.3, -0.25) is 9.59 Å². The molecule has 0 aliphatic rings. The van der Waals surface area contributed by atoms with Crippen LogP contribution in [0, 0.1) is 6.92 Å². The van der Waals surface area contributed by atoms with E-state index in [-0.39, 0.29) is 18.4 Å². The molecule has 0 heterocycles. The van der Waals surface area contributed by atoms with Crippen molar-refractivity contribution >= 4 is 29.1 Å². The van der Waals surface area contributed by atoms with E-state index in [2.05, 4.69) is 5.32 Å². The van der Waals surface area contributed by atoms with Gasteiger partial charge in [0, 0.05) is 24.2 Å². The maximum atomic E-state index is 12.1. The lowest BCUT2D eigenvalue weighted by atomic mass is 10.1. The molecule has 5 heteroatoms. The van der Waals surface area contributed by atoms with Gasteiger partial charge >= 0.3 is 0 Å². The Morgan fingerprint density at radius 3 is 2.43 bits per heavy atom. The van der Waals surface area contributed by atoms with Crippen LogP contribution in [0.2, 0.25) is 5.02 Å². The lowest BCUT2D eigenvalue weighted by Crippen LogP contribution is -2.36. The first kappa shape index (κ1) is 17.0. The van der Waals surface area contributed by atoms with E-state index in [4.69, 9.17) is 11.6 Å². The highest BCUT2D eigenvalue weighted by Gasteiger charge is 2.14. The van der Waals surface area contributed by atoms with E-state index in [1.165, 1.54) is 11.8 Å². The van der Waals surface area contributed by atoms with Crippen LogP contribution in [0.15, 0.2) is 48.5 Å². The van der Waals surface area contributed by atoms with E-state index in [0.29, 0.717) is 17.3 Å². The summed E-state index contributed by atoms with van der Waals surface area (Å²) in [5.41, 5.74) is 2.77. The highest BCUT2D eigenvalue weighted by molar-refractivity contribution is 6.30. The Hall–Kier alpha value is -2.33. The highest BCUT2D eigenvalue weighted by Crippen LogP contribution is 2.14. The van der Waals surface area contributed by atoms with E-state index in [1.807, 2.05) is 31.2 Å². The summed E-state index contributed by atoms with van der Waals surface area (Å²) < 4.78 is 0. The molecule has 1 N–H and O–H groups in total. The van der Waals surface area contributed by atoms with Crippen LogP contribution in [0.25, 0.3) is 0 Å². The number of hydrogen-bond donors (Lipinski definition) is 1. The number of halogens is 1. The van der Waals surface area contributed by atoms with Crippen LogP contribution in [-0.2, 0) is 16.1 Å². The molecule has 23 heavy (non-hydrogen) atoms. The molecule has 0 atom stereocenters. The zero-order valence-corrected chi connectivity index (χ0v) is 13.9. The van der Waals surface area contributed by atoms with Gasteiger partial charge < -0.3 is 10.2 Å². The zero-order valence-electron chi connectivity index (χ0n) is 13.2. The summed E-state index contributed by atoms with van der Waals surface area (Å²) in [5, 5.41) is 3.36. The number of aryl methyl sites for hydroxylation is 1. The monoisotopic (exact) mass is 330 g/mol. The van der Waals surface area contributed by atoms with Gasteiger partial charge in [-0.25, -0.2) is 0 Å². The highest BCUT2D eigenvalue weighted by atomic mass is 35.5. The van der Waals surface area contributed by atoms with Crippen molar-refractivity contribution in [2.24, 2.45) is 0 Å². The summed E-state index contributed by atoms with van der Waals surface area (Å²) in [4.78, 5) is 25.4. The lowest BCUT2D eigenvalue weighted by Gasteiger charge is -2.21. The van der Waals surface area contributed by atoms with E-state index >= 15 is 0 Å². The van der Waals surface area contributed by atoms with Crippen molar-refractivity contribution in [3.63, 3.8) is 0 Å². The van der Waals surface area contributed by atoms with Crippen LogP contribution in [0.4, 0.5) is 5.69 Å². The molecule has 0 radical (unpaired) electrons. The van der Waals surface area contributed by atoms with Crippen molar-refractivity contribution in [1.29, 1.82) is 0 Å². The summed E-state index contributed by atoms with van der Waals surface area (Å²) in [7, 11) is 0. The van der Waals surface area contributed by atoms with Gasteiger partial charge in [0.25, 0.3) is 0 Å². The minimum Gasteiger partial charge on any atom is -0.329 e. The summed E-state index contributed by atoms with van der Waals surface area (Å²) in [5.74, 6) is -0.382. The average Bonchev–Trinajstić information content (AvgIpc) is 2.49. The Morgan fingerprint density at radius 2 is 1.83 bits per heavy atom. The van der Waals surface area contributed by atoms with Crippen molar-refractivity contribution in [3.8, 4) is 0 Å². The van der Waals surface area contributed by atoms with Crippen molar-refractivity contribution in [2.75, 3.05) is 11.9 Å². The standard InChI is InChI=1S/C18H19ClN2O2/c1-13-4-3-5-15(10-13)11-21(14(2)22)12-18(23)20-17-8-6-16(19)7-9-17/h3-10H,11-12H2,1-2H3,(H,20,23). The average molecular weight is 331 g/mol. The molecular formula is C18H19ClN2O2. The van der Waals surface area contributed by atoms with Gasteiger partial charge in [-0.2, -0.15) is 0 Å².